The van der Waals surface area contributed by atoms with E-state index >= 15 is 0 Å². The second-order valence-electron chi connectivity index (χ2n) is 16.5. The first-order valence-corrected chi connectivity index (χ1v) is 21.2. The summed E-state index contributed by atoms with van der Waals surface area (Å²) in [5.74, 6) is -1.47. The maximum Gasteiger partial charge on any atom is 0.246 e. The average molecular weight is 854 g/mol. The predicted molar refractivity (Wildman–Crippen MR) is 231 cm³/mol. The van der Waals surface area contributed by atoms with Gasteiger partial charge in [-0.15, -0.1) is 0 Å². The summed E-state index contributed by atoms with van der Waals surface area (Å²) in [6.45, 7) is 7.79. The summed E-state index contributed by atoms with van der Waals surface area (Å²) in [5.41, 5.74) is 2.06. The van der Waals surface area contributed by atoms with Crippen LogP contribution in [0, 0.1) is 0 Å². The van der Waals surface area contributed by atoms with Crippen molar-refractivity contribution in [3.63, 3.8) is 0 Å². The van der Waals surface area contributed by atoms with Crippen LogP contribution in [0.2, 0.25) is 0 Å². The van der Waals surface area contributed by atoms with Crippen LogP contribution in [-0.4, -0.2) is 146 Å². The second-order valence-corrected chi connectivity index (χ2v) is 16.5. The summed E-state index contributed by atoms with van der Waals surface area (Å²) in [5, 5.41) is 8.23. The molecule has 2 saturated heterocycles. The van der Waals surface area contributed by atoms with E-state index in [1.165, 1.54) is 76.6 Å². The Balaban J connectivity index is 1.36. The van der Waals surface area contributed by atoms with Gasteiger partial charge < -0.3 is 44.9 Å². The lowest BCUT2D eigenvalue weighted by atomic mass is 9.98. The fraction of sp³-hybridized carbons (Fsp3) is 0.478. The SMILES string of the molecule is COc1ccc(C[C@H]2C(=O)N[C@@H](C)C(=O)N(C)[C@H]3Cc4ccc(cc4)Oc4cc(ccc4OCCN4CCCC4)C[C@@H](C(=O)N[C@@H](C)C(=O)N[C@@H](C)C(=O)N2C)N(C)C3=O)cc1. The first-order valence-electron chi connectivity index (χ1n) is 21.2. The smallest absolute Gasteiger partial charge is 0.246 e. The van der Waals surface area contributed by atoms with E-state index in [-0.39, 0.29) is 19.3 Å². The van der Waals surface area contributed by atoms with Gasteiger partial charge in [0.05, 0.1) is 7.11 Å². The van der Waals surface area contributed by atoms with Crippen LogP contribution in [-0.2, 0) is 48.0 Å². The first kappa shape index (κ1) is 45.4. The molecule has 16 nitrogen and oxygen atoms in total. The standard InChI is InChI=1S/C46H59N7O9/c1-28-41(54)48-29(2)44(57)50(4)36(24-31-10-15-34(60-7)16-11-31)43(56)49-30(3)45(58)52(6)38-25-32-12-17-35(18-13-32)62-40-27-33(26-37(42(55)47-28)51(5)46(38)59)14-19-39(40)61-23-22-53-20-8-9-21-53/h10-19,27-30,36-38H,8-9,20-26H2,1-7H3,(H,47,55)(H,48,54)(H,49,56)/t28-,29-,30-,36-,37-,38-/m0/s1. The maximum atomic E-state index is 14.8. The van der Waals surface area contributed by atoms with Crippen LogP contribution in [0.1, 0.15) is 50.3 Å². The molecule has 3 N–H and O–H groups in total. The zero-order chi connectivity index (χ0) is 44.7. The number of methoxy groups -OCH3 is 1. The number of benzene rings is 3. The number of nitrogens with zero attached hydrogens (tertiary/aromatic N) is 4. The minimum absolute atomic E-state index is 0.0104. The number of carbonyl (C=O) groups excluding carboxylic acids is 6. The van der Waals surface area contributed by atoms with Gasteiger partial charge >= 0.3 is 0 Å². The van der Waals surface area contributed by atoms with Crippen molar-refractivity contribution in [3.05, 3.63) is 83.4 Å². The monoisotopic (exact) mass is 853 g/mol. The molecule has 0 aliphatic carbocycles. The molecule has 0 radical (unpaired) electrons. The Hall–Kier alpha value is -6.16. The number of likely N-dealkylation sites (tertiary alicyclic amines) is 1. The molecule has 62 heavy (non-hydrogen) atoms. The molecule has 0 spiro atoms. The topological polar surface area (TPSA) is 179 Å². The molecule has 7 rings (SSSR count). The summed E-state index contributed by atoms with van der Waals surface area (Å²) in [6.07, 6.45) is 2.48. The summed E-state index contributed by atoms with van der Waals surface area (Å²) in [7, 11) is 5.98. The molecule has 3 aromatic carbocycles. The van der Waals surface area contributed by atoms with Crippen LogP contribution in [0.5, 0.6) is 23.0 Å². The molecule has 6 atom stereocenters. The predicted octanol–water partition coefficient (Wildman–Crippen LogP) is 2.31. The van der Waals surface area contributed by atoms with E-state index in [4.69, 9.17) is 14.2 Å². The summed E-state index contributed by atoms with van der Waals surface area (Å²) in [6, 6.07) is 12.8. The van der Waals surface area contributed by atoms with Crippen molar-refractivity contribution in [1.82, 2.24) is 35.6 Å². The molecule has 4 aliphatic rings. The Bertz CT molecular complexity index is 2110. The lowest BCUT2D eigenvalue weighted by Gasteiger charge is -2.36. The van der Waals surface area contributed by atoms with Crippen molar-refractivity contribution in [2.75, 3.05) is 54.5 Å². The highest BCUT2D eigenvalue weighted by Gasteiger charge is 2.39. The number of fused-ring (bicyclic) bond motifs is 2. The summed E-state index contributed by atoms with van der Waals surface area (Å²) >= 11 is 0. The number of ether oxygens (including phenoxy) is 3. The van der Waals surface area contributed by atoms with E-state index in [0.29, 0.717) is 46.3 Å². The fourth-order valence-electron chi connectivity index (χ4n) is 8.08. The zero-order valence-corrected chi connectivity index (χ0v) is 36.6. The Kier molecular flexibility index (Phi) is 14.7. The van der Waals surface area contributed by atoms with Gasteiger partial charge in [-0.25, -0.2) is 0 Å². The normalized spacial score (nSPS) is 24.7. The number of amides is 6. The van der Waals surface area contributed by atoms with Crippen LogP contribution < -0.4 is 30.2 Å². The van der Waals surface area contributed by atoms with E-state index in [1.807, 2.05) is 18.2 Å². The van der Waals surface area contributed by atoms with E-state index in [2.05, 4.69) is 20.9 Å². The highest BCUT2D eigenvalue weighted by Crippen LogP contribution is 2.34. The third-order valence-corrected chi connectivity index (χ3v) is 12.0. The van der Waals surface area contributed by atoms with Crippen molar-refractivity contribution >= 4 is 35.4 Å². The summed E-state index contributed by atoms with van der Waals surface area (Å²) < 4.78 is 17.9. The largest absolute Gasteiger partial charge is 0.497 e. The van der Waals surface area contributed by atoms with Gasteiger partial charge in [-0.1, -0.05) is 30.3 Å². The molecular weight excluding hydrogens is 795 g/mol. The van der Waals surface area contributed by atoms with Gasteiger partial charge in [-0.2, -0.15) is 0 Å². The van der Waals surface area contributed by atoms with Crippen LogP contribution in [0.25, 0.3) is 0 Å². The van der Waals surface area contributed by atoms with Crippen molar-refractivity contribution in [2.24, 2.45) is 0 Å². The minimum atomic E-state index is -1.16. The third-order valence-electron chi connectivity index (χ3n) is 12.0. The molecule has 3 aromatic rings. The number of rotatable bonds is 7. The first-order chi connectivity index (χ1) is 29.6. The number of likely N-dealkylation sites (N-methyl/N-ethyl adjacent to an activating group) is 3. The van der Waals surface area contributed by atoms with Crippen LogP contribution in [0.15, 0.2) is 66.7 Å². The van der Waals surface area contributed by atoms with E-state index in [1.54, 1.807) is 48.5 Å². The zero-order valence-electron chi connectivity index (χ0n) is 36.6. The molecular formula is C46H59N7O9. The van der Waals surface area contributed by atoms with Gasteiger partial charge in [0.25, 0.3) is 0 Å². The van der Waals surface area contributed by atoms with Crippen molar-refractivity contribution in [2.45, 2.75) is 89.1 Å². The van der Waals surface area contributed by atoms with Gasteiger partial charge in [0.2, 0.25) is 35.4 Å². The number of hydrogen-bond acceptors (Lipinski definition) is 10. The number of carbonyl (C=O) groups is 6. The van der Waals surface area contributed by atoms with Gasteiger partial charge in [-0.3, -0.25) is 33.7 Å². The quantitative estimate of drug-likeness (QED) is 0.320. The lowest BCUT2D eigenvalue weighted by Crippen LogP contribution is -2.61. The van der Waals surface area contributed by atoms with Gasteiger partial charge in [-0.05, 0) is 99.8 Å². The molecule has 2 fully saturated rings. The molecule has 4 aliphatic heterocycles. The second kappa shape index (κ2) is 20.1. The molecule has 0 aromatic heterocycles. The van der Waals surface area contributed by atoms with Crippen LogP contribution in [0.3, 0.4) is 0 Å². The summed E-state index contributed by atoms with van der Waals surface area (Å²) in [4.78, 5) is 91.4. The average Bonchev–Trinajstić information content (AvgIpc) is 3.79. The van der Waals surface area contributed by atoms with E-state index in [9.17, 15) is 28.8 Å². The molecule has 6 amide bonds. The van der Waals surface area contributed by atoms with Gasteiger partial charge in [0, 0.05) is 47.0 Å². The van der Waals surface area contributed by atoms with Crippen LogP contribution >= 0.6 is 0 Å². The third kappa shape index (κ3) is 10.8. The highest BCUT2D eigenvalue weighted by atomic mass is 16.5. The fourth-order valence-corrected chi connectivity index (χ4v) is 8.08. The molecule has 0 unspecified atom stereocenters. The molecule has 4 heterocycles. The lowest BCUT2D eigenvalue weighted by molar-refractivity contribution is -0.149. The Morgan fingerprint density at radius 1 is 0.645 bits per heavy atom. The Morgan fingerprint density at radius 3 is 1.89 bits per heavy atom. The van der Waals surface area contributed by atoms with Gasteiger partial charge in [0.1, 0.15) is 54.4 Å². The Labute approximate surface area is 363 Å². The van der Waals surface area contributed by atoms with E-state index < -0.39 is 71.7 Å². The molecule has 16 heteroatoms. The highest BCUT2D eigenvalue weighted by molar-refractivity contribution is 5.98. The molecule has 6 bridgehead atoms. The molecule has 0 saturated carbocycles. The number of hydrogen-bond donors (Lipinski definition) is 3. The minimum Gasteiger partial charge on any atom is -0.497 e. The van der Waals surface area contributed by atoms with Gasteiger partial charge in [0.15, 0.2) is 11.5 Å². The van der Waals surface area contributed by atoms with E-state index in [0.717, 1.165) is 19.6 Å². The van der Waals surface area contributed by atoms with Crippen molar-refractivity contribution < 1.29 is 43.0 Å². The number of nitrogens with one attached hydrogen (secondary N) is 3. The maximum absolute atomic E-state index is 14.8. The van der Waals surface area contributed by atoms with Crippen LogP contribution in [0.4, 0.5) is 0 Å². The van der Waals surface area contributed by atoms with Crippen molar-refractivity contribution in [1.29, 1.82) is 0 Å². The van der Waals surface area contributed by atoms with Crippen molar-refractivity contribution in [3.8, 4) is 23.0 Å². The molecule has 332 valence electrons. The Morgan fingerprint density at radius 2 is 1.23 bits per heavy atom.